The molecule has 1 aliphatic rings. The molecular formula is C18H20N4O2. The predicted molar refractivity (Wildman–Crippen MR) is 91.8 cm³/mol. The molecule has 6 nitrogen and oxygen atoms in total. The number of furan rings is 1. The first-order chi connectivity index (χ1) is 11.8. The number of anilines is 1. The molecule has 0 unspecified atom stereocenters. The van der Waals surface area contributed by atoms with Crippen LogP contribution in [0.3, 0.4) is 0 Å². The highest BCUT2D eigenvalue weighted by Crippen LogP contribution is 2.35. The van der Waals surface area contributed by atoms with Crippen molar-refractivity contribution in [2.24, 2.45) is 5.73 Å². The molecule has 2 heterocycles. The third kappa shape index (κ3) is 2.59. The number of carbonyl (C=O) groups is 1. The van der Waals surface area contributed by atoms with E-state index in [0.29, 0.717) is 23.3 Å². The molecule has 3 aromatic rings. The van der Waals surface area contributed by atoms with Crippen molar-refractivity contribution in [2.45, 2.75) is 38.3 Å². The number of para-hydroxylation sites is 2. The second kappa shape index (κ2) is 6.13. The molecule has 24 heavy (non-hydrogen) atoms. The normalized spacial score (nSPS) is 15.2. The molecule has 0 radical (unpaired) electrons. The number of benzene rings is 1. The number of rotatable bonds is 4. The van der Waals surface area contributed by atoms with Gasteiger partial charge in [-0.1, -0.05) is 25.0 Å². The Bertz CT molecular complexity index is 874. The second-order valence-electron chi connectivity index (χ2n) is 6.19. The van der Waals surface area contributed by atoms with Crippen LogP contribution in [0.2, 0.25) is 0 Å². The summed E-state index contributed by atoms with van der Waals surface area (Å²) in [5.41, 5.74) is 7.95. The van der Waals surface area contributed by atoms with Crippen molar-refractivity contribution < 1.29 is 9.21 Å². The summed E-state index contributed by atoms with van der Waals surface area (Å²) in [4.78, 5) is 17.1. The van der Waals surface area contributed by atoms with E-state index in [1.807, 2.05) is 18.2 Å². The van der Waals surface area contributed by atoms with E-state index in [0.717, 1.165) is 23.9 Å². The number of nitrogens with one attached hydrogen (secondary N) is 1. The molecule has 1 amide bonds. The third-order valence-electron chi connectivity index (χ3n) is 4.63. The van der Waals surface area contributed by atoms with Crippen LogP contribution in [0.25, 0.3) is 11.0 Å². The van der Waals surface area contributed by atoms with Gasteiger partial charge in [0.1, 0.15) is 12.0 Å². The van der Waals surface area contributed by atoms with Crippen LogP contribution < -0.4 is 11.1 Å². The van der Waals surface area contributed by atoms with Crippen molar-refractivity contribution in [2.75, 3.05) is 5.32 Å². The van der Waals surface area contributed by atoms with Crippen molar-refractivity contribution >= 4 is 22.9 Å². The Labute approximate surface area is 139 Å². The van der Waals surface area contributed by atoms with E-state index < -0.39 is 0 Å². The Morgan fingerprint density at radius 3 is 2.88 bits per heavy atom. The van der Waals surface area contributed by atoms with Crippen LogP contribution >= 0.6 is 0 Å². The predicted octanol–water partition coefficient (Wildman–Crippen LogP) is 3.46. The number of hydrogen-bond acceptors (Lipinski definition) is 4. The van der Waals surface area contributed by atoms with Gasteiger partial charge in [-0.15, -0.1) is 0 Å². The second-order valence-corrected chi connectivity index (χ2v) is 6.19. The van der Waals surface area contributed by atoms with Crippen molar-refractivity contribution in [1.82, 2.24) is 9.55 Å². The van der Waals surface area contributed by atoms with Gasteiger partial charge in [0.2, 0.25) is 5.95 Å². The van der Waals surface area contributed by atoms with Crippen LogP contribution in [0.15, 0.2) is 41.0 Å². The third-order valence-corrected chi connectivity index (χ3v) is 4.63. The van der Waals surface area contributed by atoms with Gasteiger partial charge in [0.05, 0.1) is 23.1 Å². The number of nitrogens with two attached hydrogens (primary N) is 1. The molecule has 6 heteroatoms. The zero-order chi connectivity index (χ0) is 16.5. The largest absolute Gasteiger partial charge is 0.467 e. The standard InChI is InChI=1S/C18H20N4O2/c19-10-14-9-12(11-24-14)17(23)21-18-20-15-7-3-4-8-16(15)22(18)13-5-1-2-6-13/h3-4,7-9,11,13H,1-2,5-6,10,19H2,(H,20,21,23). The molecular weight excluding hydrogens is 304 g/mol. The lowest BCUT2D eigenvalue weighted by molar-refractivity contribution is 0.102. The van der Waals surface area contributed by atoms with Gasteiger partial charge < -0.3 is 14.7 Å². The number of amides is 1. The van der Waals surface area contributed by atoms with Gasteiger partial charge in [-0.3, -0.25) is 10.1 Å². The summed E-state index contributed by atoms with van der Waals surface area (Å²) < 4.78 is 7.42. The summed E-state index contributed by atoms with van der Waals surface area (Å²) in [6.07, 6.45) is 6.09. The van der Waals surface area contributed by atoms with E-state index in [1.54, 1.807) is 6.07 Å². The first-order valence-electron chi connectivity index (χ1n) is 8.32. The first-order valence-corrected chi connectivity index (χ1v) is 8.32. The lowest BCUT2D eigenvalue weighted by Gasteiger charge is -2.16. The molecule has 4 rings (SSSR count). The van der Waals surface area contributed by atoms with Gasteiger partial charge in [-0.2, -0.15) is 0 Å². The highest BCUT2D eigenvalue weighted by molar-refractivity contribution is 6.04. The van der Waals surface area contributed by atoms with Gasteiger partial charge in [-0.05, 0) is 31.0 Å². The van der Waals surface area contributed by atoms with Crippen molar-refractivity contribution in [3.05, 3.63) is 47.9 Å². The average Bonchev–Trinajstić information content (AvgIpc) is 3.33. The maximum absolute atomic E-state index is 12.5. The average molecular weight is 324 g/mol. The summed E-state index contributed by atoms with van der Waals surface area (Å²) >= 11 is 0. The minimum atomic E-state index is -0.229. The number of aromatic nitrogens is 2. The van der Waals surface area contributed by atoms with Crippen molar-refractivity contribution in [3.63, 3.8) is 0 Å². The molecule has 1 aliphatic carbocycles. The summed E-state index contributed by atoms with van der Waals surface area (Å²) in [7, 11) is 0. The van der Waals surface area contributed by atoms with Gasteiger partial charge >= 0.3 is 0 Å². The molecule has 0 saturated heterocycles. The van der Waals surface area contributed by atoms with E-state index in [9.17, 15) is 4.79 Å². The number of carbonyl (C=O) groups excluding carboxylic acids is 1. The number of nitrogens with zero attached hydrogens (tertiary/aromatic N) is 2. The van der Waals surface area contributed by atoms with E-state index in [2.05, 4.69) is 20.9 Å². The summed E-state index contributed by atoms with van der Waals surface area (Å²) in [5, 5.41) is 2.94. The van der Waals surface area contributed by atoms with Crippen LogP contribution in [0.1, 0.15) is 47.8 Å². The zero-order valence-corrected chi connectivity index (χ0v) is 13.4. The summed E-state index contributed by atoms with van der Waals surface area (Å²) in [6, 6.07) is 10.0. The SMILES string of the molecule is NCc1cc(C(=O)Nc2nc3ccccc3n2C2CCCC2)co1. The molecule has 3 N–H and O–H groups in total. The number of fused-ring (bicyclic) bond motifs is 1. The molecule has 124 valence electrons. The van der Waals surface area contributed by atoms with Crippen molar-refractivity contribution in [3.8, 4) is 0 Å². The lowest BCUT2D eigenvalue weighted by atomic mass is 10.2. The smallest absolute Gasteiger partial charge is 0.261 e. The first kappa shape index (κ1) is 15.0. The Kier molecular flexibility index (Phi) is 3.82. The lowest BCUT2D eigenvalue weighted by Crippen LogP contribution is -2.17. The van der Waals surface area contributed by atoms with E-state index in [1.165, 1.54) is 19.1 Å². The van der Waals surface area contributed by atoms with E-state index in [-0.39, 0.29) is 12.5 Å². The minimum Gasteiger partial charge on any atom is -0.467 e. The maximum Gasteiger partial charge on any atom is 0.261 e. The van der Waals surface area contributed by atoms with Crippen LogP contribution in [0.4, 0.5) is 5.95 Å². The van der Waals surface area contributed by atoms with E-state index >= 15 is 0 Å². The summed E-state index contributed by atoms with van der Waals surface area (Å²) in [5.74, 6) is 0.959. The Morgan fingerprint density at radius 2 is 2.12 bits per heavy atom. The van der Waals surface area contributed by atoms with Gasteiger partial charge in [0.15, 0.2) is 0 Å². The summed E-state index contributed by atoms with van der Waals surface area (Å²) in [6.45, 7) is 0.272. The Balaban J connectivity index is 1.70. The molecule has 2 aromatic heterocycles. The Morgan fingerprint density at radius 1 is 1.33 bits per heavy atom. The van der Waals surface area contributed by atoms with Gasteiger partial charge in [0, 0.05) is 6.04 Å². The van der Waals surface area contributed by atoms with Crippen LogP contribution in [0.5, 0.6) is 0 Å². The number of imidazole rings is 1. The van der Waals surface area contributed by atoms with Gasteiger partial charge in [-0.25, -0.2) is 4.98 Å². The monoisotopic (exact) mass is 324 g/mol. The molecule has 0 aliphatic heterocycles. The molecule has 1 saturated carbocycles. The molecule has 0 atom stereocenters. The van der Waals surface area contributed by atoms with Crippen LogP contribution in [-0.4, -0.2) is 15.5 Å². The maximum atomic E-state index is 12.5. The van der Waals surface area contributed by atoms with Gasteiger partial charge in [0.25, 0.3) is 5.91 Å². The fraction of sp³-hybridized carbons (Fsp3) is 0.333. The molecule has 0 spiro atoms. The van der Waals surface area contributed by atoms with Crippen molar-refractivity contribution in [1.29, 1.82) is 0 Å². The highest BCUT2D eigenvalue weighted by atomic mass is 16.3. The van der Waals surface area contributed by atoms with Crippen LogP contribution in [-0.2, 0) is 6.54 Å². The zero-order valence-electron chi connectivity index (χ0n) is 13.4. The number of hydrogen-bond donors (Lipinski definition) is 2. The van der Waals surface area contributed by atoms with E-state index in [4.69, 9.17) is 10.2 Å². The van der Waals surface area contributed by atoms with Crippen LogP contribution in [0, 0.1) is 0 Å². The quantitative estimate of drug-likeness (QED) is 0.769. The highest BCUT2D eigenvalue weighted by Gasteiger charge is 2.24. The molecule has 0 bridgehead atoms. The fourth-order valence-electron chi connectivity index (χ4n) is 3.45. The fourth-order valence-corrected chi connectivity index (χ4v) is 3.45. The topological polar surface area (TPSA) is 86.1 Å². The minimum absolute atomic E-state index is 0.229. The molecule has 1 fully saturated rings. The molecule has 1 aromatic carbocycles. The Hall–Kier alpha value is -2.60.